The molecule has 0 aromatic rings. The van der Waals surface area contributed by atoms with Crippen LogP contribution in [0.15, 0.2) is 29.3 Å². The summed E-state index contributed by atoms with van der Waals surface area (Å²) >= 11 is 0. The number of carboxylic acids is 2. The summed E-state index contributed by atoms with van der Waals surface area (Å²) in [6.45, 7) is 0.680. The Morgan fingerprint density at radius 2 is 1.38 bits per heavy atom. The third-order valence-corrected chi connectivity index (χ3v) is 8.79. The molecule has 0 aromatic carbocycles. The number of nitrogens with two attached hydrogens (primary N) is 2. The molecule has 2 rings (SSSR count). The standard InChI is InChI=1S/C35H56N8O9/c36-25(22-38-18-19-39-30(45)13-6-4-2-1-3-5-12-29(37)44)33(49)43-28(20-23-21-41-26-11-8-7-10-24(23)26)34(50)40-17-16-27(35(51)52)42-31(46)14-9-15-32(47)48/h7-8,10-11,21,23-28,38H,1-6,9,12-20,22,36H2,(H2,37,44)(H,39,45)(H,40,50)(H,42,46)(H,43,49)(H,47,48)(H,51,52). The van der Waals surface area contributed by atoms with Crippen molar-refractivity contribution in [2.45, 2.75) is 108 Å². The molecule has 0 saturated carbocycles. The molecule has 5 amide bonds. The molecule has 0 bridgehead atoms. The highest BCUT2D eigenvalue weighted by molar-refractivity contribution is 5.90. The van der Waals surface area contributed by atoms with E-state index in [2.05, 4.69) is 31.6 Å². The van der Waals surface area contributed by atoms with Crippen LogP contribution >= 0.6 is 0 Å². The second-order valence-corrected chi connectivity index (χ2v) is 13.1. The lowest BCUT2D eigenvalue weighted by Crippen LogP contribution is -2.55. The largest absolute Gasteiger partial charge is 0.481 e. The minimum absolute atomic E-state index is 0.00927. The first-order chi connectivity index (χ1) is 24.9. The maximum Gasteiger partial charge on any atom is 0.326 e. The number of nitrogens with zero attached hydrogens (tertiary/aromatic N) is 1. The van der Waals surface area contributed by atoms with Crippen molar-refractivity contribution in [1.82, 2.24) is 26.6 Å². The third-order valence-electron chi connectivity index (χ3n) is 8.79. The van der Waals surface area contributed by atoms with Crippen LogP contribution in [0.3, 0.4) is 0 Å². The van der Waals surface area contributed by atoms with Crippen molar-refractivity contribution >= 4 is 47.7 Å². The molecule has 1 aliphatic carbocycles. The van der Waals surface area contributed by atoms with E-state index in [1.807, 2.05) is 24.3 Å². The first-order valence-electron chi connectivity index (χ1n) is 18.1. The van der Waals surface area contributed by atoms with Gasteiger partial charge in [0.25, 0.3) is 0 Å². The van der Waals surface area contributed by atoms with E-state index in [0.717, 1.165) is 38.5 Å². The number of allylic oxidation sites excluding steroid dienone is 2. The normalized spacial score (nSPS) is 18.8. The fourth-order valence-corrected chi connectivity index (χ4v) is 5.88. The number of hydrogen-bond donors (Lipinski definition) is 9. The van der Waals surface area contributed by atoms with Gasteiger partial charge >= 0.3 is 11.9 Å². The van der Waals surface area contributed by atoms with Gasteiger partial charge in [-0.25, -0.2) is 4.79 Å². The Morgan fingerprint density at radius 3 is 2.08 bits per heavy atom. The minimum Gasteiger partial charge on any atom is -0.481 e. The molecule has 0 aromatic heterocycles. The molecule has 2 aliphatic rings. The number of carbonyl (C=O) groups is 7. The van der Waals surface area contributed by atoms with Crippen LogP contribution in [0.5, 0.6) is 0 Å². The zero-order valence-electron chi connectivity index (χ0n) is 29.7. The molecule has 1 aliphatic heterocycles. The maximum absolute atomic E-state index is 13.4. The van der Waals surface area contributed by atoms with Crippen LogP contribution < -0.4 is 38.1 Å². The van der Waals surface area contributed by atoms with Crippen LogP contribution in [-0.4, -0.2) is 108 Å². The van der Waals surface area contributed by atoms with E-state index >= 15 is 0 Å². The number of hydrogen-bond acceptors (Lipinski definition) is 10. The highest BCUT2D eigenvalue weighted by Crippen LogP contribution is 2.31. The molecule has 1 heterocycles. The van der Waals surface area contributed by atoms with E-state index in [9.17, 15) is 38.7 Å². The van der Waals surface area contributed by atoms with E-state index in [4.69, 9.17) is 16.6 Å². The van der Waals surface area contributed by atoms with Crippen LogP contribution in [0.25, 0.3) is 0 Å². The molecule has 290 valence electrons. The van der Waals surface area contributed by atoms with Crippen molar-refractivity contribution in [1.29, 1.82) is 0 Å². The van der Waals surface area contributed by atoms with Crippen LogP contribution in [0.2, 0.25) is 0 Å². The van der Waals surface area contributed by atoms with Gasteiger partial charge in [-0.3, -0.25) is 33.8 Å². The monoisotopic (exact) mass is 732 g/mol. The second-order valence-electron chi connectivity index (χ2n) is 13.1. The molecule has 6 atom stereocenters. The molecule has 52 heavy (non-hydrogen) atoms. The molecule has 6 unspecified atom stereocenters. The summed E-state index contributed by atoms with van der Waals surface area (Å²) < 4.78 is 0. The highest BCUT2D eigenvalue weighted by Gasteiger charge is 2.35. The zero-order chi connectivity index (χ0) is 38.3. The Kier molecular flexibility index (Phi) is 20.5. The van der Waals surface area contributed by atoms with Crippen molar-refractivity contribution in [2.75, 3.05) is 26.2 Å². The van der Waals surface area contributed by atoms with Gasteiger partial charge in [-0.1, -0.05) is 50.0 Å². The van der Waals surface area contributed by atoms with Gasteiger partial charge in [0.1, 0.15) is 12.1 Å². The van der Waals surface area contributed by atoms with Gasteiger partial charge in [0.2, 0.25) is 29.5 Å². The number of primary amides is 1. The lowest BCUT2D eigenvalue weighted by Gasteiger charge is -2.26. The minimum atomic E-state index is -1.31. The summed E-state index contributed by atoms with van der Waals surface area (Å²) in [5.74, 6) is -4.62. The first kappa shape index (κ1) is 43.5. The number of rotatable bonds is 28. The highest BCUT2D eigenvalue weighted by atomic mass is 16.4. The number of amides is 5. The smallest absolute Gasteiger partial charge is 0.326 e. The number of unbranched alkanes of at least 4 members (excludes halogenated alkanes) is 5. The Bertz CT molecular complexity index is 1300. The summed E-state index contributed by atoms with van der Waals surface area (Å²) in [5.41, 5.74) is 11.3. The summed E-state index contributed by atoms with van der Waals surface area (Å²) in [5, 5.41) is 31.9. The molecule has 11 N–H and O–H groups in total. The average molecular weight is 733 g/mol. The van der Waals surface area contributed by atoms with Crippen molar-refractivity contribution in [3.05, 3.63) is 24.3 Å². The number of aliphatic imine (C=N–C) groups is 1. The van der Waals surface area contributed by atoms with E-state index in [0.29, 0.717) is 25.9 Å². The van der Waals surface area contributed by atoms with Gasteiger partial charge in [-0.2, -0.15) is 0 Å². The van der Waals surface area contributed by atoms with Gasteiger partial charge in [-0.05, 0) is 32.1 Å². The SMILES string of the molecule is NC(=O)CCCCCCCCC(=O)NCCNCC(N)C(=O)NC(CC1C=NC2C=CC=CC12)C(=O)NCCC(NC(=O)CCCC(=O)O)C(=O)O. The fourth-order valence-electron chi connectivity index (χ4n) is 5.88. The number of nitrogens with one attached hydrogen (secondary N) is 5. The van der Waals surface area contributed by atoms with E-state index in [1.165, 1.54) is 0 Å². The quantitative estimate of drug-likeness (QED) is 0.0469. The number of carboxylic acid groups (broad SMARTS) is 2. The topological polar surface area (TPSA) is 284 Å². The number of aliphatic carboxylic acids is 2. The van der Waals surface area contributed by atoms with Crippen LogP contribution in [0.1, 0.15) is 83.5 Å². The maximum atomic E-state index is 13.4. The lowest BCUT2D eigenvalue weighted by atomic mass is 9.83. The third kappa shape index (κ3) is 18.0. The van der Waals surface area contributed by atoms with Gasteiger partial charge < -0.3 is 48.3 Å². The van der Waals surface area contributed by atoms with Crippen LogP contribution in [-0.2, 0) is 33.6 Å². The molecular formula is C35H56N8O9. The molecule has 17 heteroatoms. The van der Waals surface area contributed by atoms with Crippen molar-refractivity contribution in [2.24, 2.45) is 28.3 Å². The lowest BCUT2D eigenvalue weighted by molar-refractivity contribution is -0.142. The Hall–Kier alpha value is -4.64. The molecule has 0 radical (unpaired) electrons. The average Bonchev–Trinajstić information content (AvgIpc) is 3.50. The molecule has 0 saturated heterocycles. The van der Waals surface area contributed by atoms with E-state index in [-0.39, 0.29) is 74.9 Å². The van der Waals surface area contributed by atoms with Gasteiger partial charge in [-0.15, -0.1) is 0 Å². The van der Waals surface area contributed by atoms with E-state index < -0.39 is 47.8 Å². The van der Waals surface area contributed by atoms with Gasteiger partial charge in [0, 0.05) is 69.9 Å². The predicted molar refractivity (Wildman–Crippen MR) is 193 cm³/mol. The van der Waals surface area contributed by atoms with Gasteiger partial charge in [0.05, 0.1) is 12.1 Å². The van der Waals surface area contributed by atoms with E-state index in [1.54, 1.807) is 6.21 Å². The summed E-state index contributed by atoms with van der Waals surface area (Å²) in [4.78, 5) is 88.4. The van der Waals surface area contributed by atoms with Crippen LogP contribution in [0, 0.1) is 11.8 Å². The first-order valence-corrected chi connectivity index (χ1v) is 18.1. The molecular weight excluding hydrogens is 676 g/mol. The Balaban J connectivity index is 1.80. The Labute approximate surface area is 304 Å². The summed E-state index contributed by atoms with van der Waals surface area (Å²) in [6.07, 6.45) is 15.5. The molecule has 17 nitrogen and oxygen atoms in total. The van der Waals surface area contributed by atoms with Crippen molar-refractivity contribution in [3.63, 3.8) is 0 Å². The summed E-state index contributed by atoms with van der Waals surface area (Å²) in [6, 6.07) is -3.41. The second kappa shape index (κ2) is 24.5. The number of carbonyl (C=O) groups excluding carboxylic acids is 5. The molecule has 0 fully saturated rings. The predicted octanol–water partition coefficient (Wildman–Crippen LogP) is -0.357. The summed E-state index contributed by atoms with van der Waals surface area (Å²) in [7, 11) is 0. The zero-order valence-corrected chi connectivity index (χ0v) is 29.7. The van der Waals surface area contributed by atoms with Crippen LogP contribution in [0.4, 0.5) is 0 Å². The van der Waals surface area contributed by atoms with Crippen molar-refractivity contribution in [3.8, 4) is 0 Å². The van der Waals surface area contributed by atoms with Gasteiger partial charge in [0.15, 0.2) is 0 Å². The van der Waals surface area contributed by atoms with Crippen molar-refractivity contribution < 1.29 is 43.8 Å². The number of fused-ring (bicyclic) bond motifs is 1. The fraction of sp³-hybridized carbons (Fsp3) is 0.657. The molecule has 0 spiro atoms. The Morgan fingerprint density at radius 1 is 0.712 bits per heavy atom.